The summed E-state index contributed by atoms with van der Waals surface area (Å²) >= 11 is 0. The minimum Gasteiger partial charge on any atom is -0.478 e. The number of methoxy groups -OCH3 is 1. The molecule has 3 aromatic rings. The Hall–Kier alpha value is -2.63. The first-order valence-electron chi connectivity index (χ1n) is 8.75. The summed E-state index contributed by atoms with van der Waals surface area (Å²) in [5.41, 5.74) is 2.97. The van der Waals surface area contributed by atoms with Crippen LogP contribution in [0.5, 0.6) is 5.75 Å². The highest BCUT2D eigenvalue weighted by molar-refractivity contribution is 5.85. The van der Waals surface area contributed by atoms with Crippen molar-refractivity contribution in [1.82, 2.24) is 4.90 Å². The first-order valence-corrected chi connectivity index (χ1v) is 8.75. The van der Waals surface area contributed by atoms with Crippen molar-refractivity contribution in [3.8, 4) is 16.9 Å². The lowest BCUT2D eigenvalue weighted by Gasteiger charge is -2.29. The SMILES string of the molecule is COCCCN1COc2ccc3c(=O)c(-c4ccccc4)coc3c2C1. The van der Waals surface area contributed by atoms with E-state index in [-0.39, 0.29) is 5.43 Å². The molecule has 2 heterocycles. The molecule has 0 amide bonds. The Balaban J connectivity index is 1.72. The topological polar surface area (TPSA) is 51.9 Å². The van der Waals surface area contributed by atoms with Gasteiger partial charge in [-0.3, -0.25) is 9.69 Å². The second-order valence-corrected chi connectivity index (χ2v) is 6.44. The van der Waals surface area contributed by atoms with Crippen molar-refractivity contribution in [2.75, 3.05) is 27.0 Å². The summed E-state index contributed by atoms with van der Waals surface area (Å²) in [7, 11) is 1.70. The van der Waals surface area contributed by atoms with Crippen LogP contribution in [0.4, 0.5) is 0 Å². The van der Waals surface area contributed by atoms with Crippen LogP contribution < -0.4 is 10.2 Å². The Labute approximate surface area is 151 Å². The molecule has 1 aliphatic rings. The van der Waals surface area contributed by atoms with Gasteiger partial charge in [0, 0.05) is 26.8 Å². The number of ether oxygens (including phenoxy) is 2. The molecule has 1 aromatic heterocycles. The standard InChI is InChI=1S/C21H21NO4/c1-24-11-5-10-22-12-17-19(26-14-22)9-8-16-20(23)18(13-25-21(16)17)15-6-3-2-4-7-15/h2-4,6-9,13H,5,10-12,14H2,1H3. The molecule has 26 heavy (non-hydrogen) atoms. The normalized spacial score (nSPS) is 14.2. The van der Waals surface area contributed by atoms with Gasteiger partial charge in [0.2, 0.25) is 5.43 Å². The van der Waals surface area contributed by atoms with E-state index in [1.54, 1.807) is 19.4 Å². The van der Waals surface area contributed by atoms with Gasteiger partial charge in [0.1, 0.15) is 24.3 Å². The van der Waals surface area contributed by atoms with Crippen LogP contribution in [0, 0.1) is 0 Å². The Morgan fingerprint density at radius 2 is 2.00 bits per heavy atom. The summed E-state index contributed by atoms with van der Waals surface area (Å²) in [5.74, 6) is 0.788. The highest BCUT2D eigenvalue weighted by Crippen LogP contribution is 2.32. The van der Waals surface area contributed by atoms with E-state index >= 15 is 0 Å². The van der Waals surface area contributed by atoms with Gasteiger partial charge >= 0.3 is 0 Å². The Kier molecular flexibility index (Phi) is 4.73. The van der Waals surface area contributed by atoms with Crippen LogP contribution in [-0.2, 0) is 11.3 Å². The van der Waals surface area contributed by atoms with Crippen LogP contribution in [0.2, 0.25) is 0 Å². The van der Waals surface area contributed by atoms with Crippen molar-refractivity contribution < 1.29 is 13.9 Å². The largest absolute Gasteiger partial charge is 0.478 e. The van der Waals surface area contributed by atoms with Crippen molar-refractivity contribution in [2.45, 2.75) is 13.0 Å². The van der Waals surface area contributed by atoms with Gasteiger partial charge < -0.3 is 13.9 Å². The van der Waals surface area contributed by atoms with Crippen molar-refractivity contribution >= 4 is 11.0 Å². The number of hydrogen-bond donors (Lipinski definition) is 0. The number of benzene rings is 2. The third-order valence-corrected chi connectivity index (χ3v) is 4.69. The number of rotatable bonds is 5. The molecular formula is C21H21NO4. The van der Waals surface area contributed by atoms with E-state index in [0.717, 1.165) is 29.8 Å². The monoisotopic (exact) mass is 351 g/mol. The van der Waals surface area contributed by atoms with Gasteiger partial charge in [-0.1, -0.05) is 30.3 Å². The molecule has 2 aromatic carbocycles. The average molecular weight is 351 g/mol. The van der Waals surface area contributed by atoms with E-state index in [9.17, 15) is 4.79 Å². The Morgan fingerprint density at radius 3 is 2.81 bits per heavy atom. The van der Waals surface area contributed by atoms with Gasteiger partial charge in [-0.2, -0.15) is 0 Å². The third kappa shape index (κ3) is 3.11. The molecule has 134 valence electrons. The third-order valence-electron chi connectivity index (χ3n) is 4.69. The molecule has 0 saturated heterocycles. The molecule has 0 atom stereocenters. The predicted molar refractivity (Wildman–Crippen MR) is 100 cm³/mol. The molecule has 0 aliphatic carbocycles. The minimum atomic E-state index is -0.0169. The lowest BCUT2D eigenvalue weighted by atomic mass is 10.0. The van der Waals surface area contributed by atoms with Gasteiger partial charge in [-0.05, 0) is 24.1 Å². The summed E-state index contributed by atoms with van der Waals surface area (Å²) in [6.07, 6.45) is 2.49. The summed E-state index contributed by atoms with van der Waals surface area (Å²) in [5, 5.41) is 0.590. The molecule has 0 saturated carbocycles. The van der Waals surface area contributed by atoms with Crippen LogP contribution in [0.25, 0.3) is 22.1 Å². The molecule has 0 N–H and O–H groups in total. The van der Waals surface area contributed by atoms with E-state index in [2.05, 4.69) is 4.90 Å². The molecule has 5 heteroatoms. The summed E-state index contributed by atoms with van der Waals surface area (Å²) in [6, 6.07) is 13.3. The predicted octanol–water partition coefficient (Wildman–Crippen LogP) is 3.65. The van der Waals surface area contributed by atoms with Gasteiger partial charge in [0.25, 0.3) is 0 Å². The van der Waals surface area contributed by atoms with Crippen LogP contribution >= 0.6 is 0 Å². The second kappa shape index (κ2) is 7.32. The smallest absolute Gasteiger partial charge is 0.200 e. The van der Waals surface area contributed by atoms with Crippen molar-refractivity contribution in [2.24, 2.45) is 0 Å². The van der Waals surface area contributed by atoms with Crippen LogP contribution in [-0.4, -0.2) is 31.9 Å². The quantitative estimate of drug-likeness (QED) is 0.657. The maximum Gasteiger partial charge on any atom is 0.200 e. The maximum atomic E-state index is 13.0. The number of nitrogens with zero attached hydrogens (tertiary/aromatic N) is 1. The van der Waals surface area contributed by atoms with Crippen LogP contribution in [0.1, 0.15) is 12.0 Å². The molecule has 0 fully saturated rings. The zero-order valence-electron chi connectivity index (χ0n) is 14.7. The van der Waals surface area contributed by atoms with Crippen molar-refractivity contribution in [1.29, 1.82) is 0 Å². The maximum absolute atomic E-state index is 13.0. The molecule has 1 aliphatic heterocycles. The lowest BCUT2D eigenvalue weighted by Crippen LogP contribution is -2.33. The fraction of sp³-hybridized carbons (Fsp3) is 0.286. The zero-order chi connectivity index (χ0) is 17.9. The van der Waals surface area contributed by atoms with Crippen molar-refractivity contribution in [3.05, 3.63) is 64.5 Å². The molecule has 0 unspecified atom stereocenters. The van der Waals surface area contributed by atoms with Gasteiger partial charge in [0.15, 0.2) is 0 Å². The van der Waals surface area contributed by atoms with Crippen molar-refractivity contribution in [3.63, 3.8) is 0 Å². The summed E-state index contributed by atoms with van der Waals surface area (Å²) in [6.45, 7) is 2.82. The lowest BCUT2D eigenvalue weighted by molar-refractivity contribution is 0.0838. The highest BCUT2D eigenvalue weighted by atomic mass is 16.5. The van der Waals surface area contributed by atoms with Gasteiger partial charge in [0.05, 0.1) is 16.5 Å². The fourth-order valence-electron chi connectivity index (χ4n) is 3.35. The highest BCUT2D eigenvalue weighted by Gasteiger charge is 2.22. The molecule has 4 rings (SSSR count). The average Bonchev–Trinajstić information content (AvgIpc) is 2.69. The van der Waals surface area contributed by atoms with Crippen LogP contribution in [0.15, 0.2) is 57.9 Å². The van der Waals surface area contributed by atoms with Gasteiger partial charge in [-0.15, -0.1) is 0 Å². The summed E-state index contributed by atoms with van der Waals surface area (Å²) < 4.78 is 16.9. The van der Waals surface area contributed by atoms with Crippen LogP contribution in [0.3, 0.4) is 0 Å². The minimum absolute atomic E-state index is 0.0169. The molecular weight excluding hydrogens is 330 g/mol. The van der Waals surface area contributed by atoms with E-state index < -0.39 is 0 Å². The van der Waals surface area contributed by atoms with E-state index in [1.165, 1.54) is 0 Å². The second-order valence-electron chi connectivity index (χ2n) is 6.44. The molecule has 0 radical (unpaired) electrons. The summed E-state index contributed by atoms with van der Waals surface area (Å²) in [4.78, 5) is 15.2. The number of hydrogen-bond acceptors (Lipinski definition) is 5. The van der Waals surface area contributed by atoms with E-state index in [1.807, 2.05) is 36.4 Å². The van der Waals surface area contributed by atoms with E-state index in [4.69, 9.17) is 13.9 Å². The Bertz CT molecular complexity index is 965. The molecule has 0 spiro atoms. The fourth-order valence-corrected chi connectivity index (χ4v) is 3.35. The first-order chi connectivity index (χ1) is 12.8. The zero-order valence-corrected chi connectivity index (χ0v) is 14.7. The number of fused-ring (bicyclic) bond motifs is 3. The van der Waals surface area contributed by atoms with E-state index in [0.29, 0.717) is 36.4 Å². The molecule has 0 bridgehead atoms. The van der Waals surface area contributed by atoms with Gasteiger partial charge in [-0.25, -0.2) is 0 Å². The molecule has 5 nitrogen and oxygen atoms in total. The first kappa shape index (κ1) is 16.8. The Morgan fingerprint density at radius 1 is 1.15 bits per heavy atom.